The minimum Gasteiger partial charge on any atom is -0.392 e. The molecule has 1 heterocycles. The third-order valence-corrected chi connectivity index (χ3v) is 4.30. The number of aromatic nitrogens is 2. The number of aliphatic hydroxyl groups is 1. The summed E-state index contributed by atoms with van der Waals surface area (Å²) in [6.07, 6.45) is 8.75. The molecule has 0 amide bonds. The molecule has 1 aromatic rings. The molecule has 1 saturated carbocycles. The van der Waals surface area contributed by atoms with Crippen LogP contribution in [0, 0.1) is 5.92 Å². The number of hydrogen-bond acceptors (Lipinski definition) is 2. The third kappa shape index (κ3) is 2.77. The van der Waals surface area contributed by atoms with Crippen molar-refractivity contribution in [1.29, 1.82) is 0 Å². The zero-order valence-electron chi connectivity index (χ0n) is 11.8. The maximum atomic E-state index is 9.50. The SMILES string of the molecule is CCc1nn(CCC2CCCC2)c(CC)c1CO. The van der Waals surface area contributed by atoms with Crippen molar-refractivity contribution in [3.8, 4) is 0 Å². The summed E-state index contributed by atoms with van der Waals surface area (Å²) in [5.74, 6) is 0.904. The fourth-order valence-corrected chi connectivity index (χ4v) is 3.24. The molecule has 1 N–H and O–H groups in total. The van der Waals surface area contributed by atoms with E-state index in [1.807, 2.05) is 0 Å². The third-order valence-electron chi connectivity index (χ3n) is 4.30. The molecular formula is C15H26N2O. The minimum absolute atomic E-state index is 0.135. The maximum absolute atomic E-state index is 9.50. The predicted molar refractivity (Wildman–Crippen MR) is 73.5 cm³/mol. The van der Waals surface area contributed by atoms with E-state index in [0.29, 0.717) is 0 Å². The Balaban J connectivity index is 2.08. The van der Waals surface area contributed by atoms with E-state index in [1.54, 1.807) is 0 Å². The van der Waals surface area contributed by atoms with Crippen LogP contribution in [-0.4, -0.2) is 14.9 Å². The largest absolute Gasteiger partial charge is 0.392 e. The summed E-state index contributed by atoms with van der Waals surface area (Å²) < 4.78 is 2.16. The van der Waals surface area contributed by atoms with Crippen LogP contribution in [0.2, 0.25) is 0 Å². The van der Waals surface area contributed by atoms with Gasteiger partial charge >= 0.3 is 0 Å². The van der Waals surface area contributed by atoms with Gasteiger partial charge in [-0.25, -0.2) is 0 Å². The first-order chi connectivity index (χ1) is 8.80. The van der Waals surface area contributed by atoms with E-state index in [4.69, 9.17) is 0 Å². The highest BCUT2D eigenvalue weighted by Crippen LogP contribution is 2.28. The number of rotatable bonds is 6. The van der Waals surface area contributed by atoms with E-state index in [1.165, 1.54) is 37.8 Å². The second-order valence-electron chi connectivity index (χ2n) is 5.40. The van der Waals surface area contributed by atoms with Crippen LogP contribution in [0.15, 0.2) is 0 Å². The molecule has 1 fully saturated rings. The fourth-order valence-electron chi connectivity index (χ4n) is 3.24. The number of aryl methyl sites for hydroxylation is 2. The van der Waals surface area contributed by atoms with Crippen LogP contribution in [0.25, 0.3) is 0 Å². The van der Waals surface area contributed by atoms with Gasteiger partial charge in [-0.3, -0.25) is 4.68 Å². The highest BCUT2D eigenvalue weighted by atomic mass is 16.3. The second-order valence-corrected chi connectivity index (χ2v) is 5.40. The van der Waals surface area contributed by atoms with Crippen LogP contribution in [0.1, 0.15) is 62.9 Å². The summed E-state index contributed by atoms with van der Waals surface area (Å²) in [7, 11) is 0. The van der Waals surface area contributed by atoms with Crippen molar-refractivity contribution in [2.45, 2.75) is 71.9 Å². The van der Waals surface area contributed by atoms with Crippen molar-refractivity contribution in [2.75, 3.05) is 0 Å². The zero-order chi connectivity index (χ0) is 13.0. The van der Waals surface area contributed by atoms with Gasteiger partial charge in [-0.05, 0) is 25.2 Å². The summed E-state index contributed by atoms with van der Waals surface area (Å²) in [5.41, 5.74) is 3.40. The molecule has 1 aromatic heterocycles. The van der Waals surface area contributed by atoms with Crippen LogP contribution < -0.4 is 0 Å². The average Bonchev–Trinajstić information content (AvgIpc) is 3.02. The Morgan fingerprint density at radius 3 is 2.50 bits per heavy atom. The lowest BCUT2D eigenvalue weighted by atomic mass is 10.0. The smallest absolute Gasteiger partial charge is 0.0718 e. The average molecular weight is 250 g/mol. The van der Waals surface area contributed by atoms with Crippen molar-refractivity contribution >= 4 is 0 Å². The molecule has 0 aliphatic heterocycles. The van der Waals surface area contributed by atoms with Gasteiger partial charge in [0.15, 0.2) is 0 Å². The molecule has 0 saturated heterocycles. The first-order valence-corrected chi connectivity index (χ1v) is 7.48. The van der Waals surface area contributed by atoms with E-state index in [-0.39, 0.29) is 6.61 Å². The molecule has 0 radical (unpaired) electrons. The Morgan fingerprint density at radius 1 is 1.22 bits per heavy atom. The first-order valence-electron chi connectivity index (χ1n) is 7.48. The fraction of sp³-hybridized carbons (Fsp3) is 0.800. The van der Waals surface area contributed by atoms with E-state index in [9.17, 15) is 5.11 Å². The van der Waals surface area contributed by atoms with E-state index in [0.717, 1.165) is 36.6 Å². The standard InChI is InChI=1S/C15H26N2O/c1-3-14-13(11-18)15(4-2)17(16-14)10-9-12-7-5-6-8-12/h12,18H,3-11H2,1-2H3. The monoisotopic (exact) mass is 250 g/mol. The lowest BCUT2D eigenvalue weighted by molar-refractivity contribution is 0.279. The van der Waals surface area contributed by atoms with Gasteiger partial charge in [-0.15, -0.1) is 0 Å². The van der Waals surface area contributed by atoms with Gasteiger partial charge in [-0.1, -0.05) is 39.5 Å². The highest BCUT2D eigenvalue weighted by Gasteiger charge is 2.18. The second kappa shape index (κ2) is 6.37. The van der Waals surface area contributed by atoms with Crippen LogP contribution in [-0.2, 0) is 26.0 Å². The molecule has 102 valence electrons. The Hall–Kier alpha value is -0.830. The van der Waals surface area contributed by atoms with Crippen molar-refractivity contribution < 1.29 is 5.11 Å². The van der Waals surface area contributed by atoms with Gasteiger partial charge in [0, 0.05) is 17.8 Å². The van der Waals surface area contributed by atoms with Crippen LogP contribution in [0.3, 0.4) is 0 Å². The molecule has 3 heteroatoms. The number of nitrogens with zero attached hydrogens (tertiary/aromatic N) is 2. The van der Waals surface area contributed by atoms with Gasteiger partial charge in [-0.2, -0.15) is 5.10 Å². The molecule has 0 spiro atoms. The number of aliphatic hydroxyl groups excluding tert-OH is 1. The molecule has 0 aromatic carbocycles. The molecule has 0 unspecified atom stereocenters. The molecule has 0 atom stereocenters. The lowest BCUT2D eigenvalue weighted by Crippen LogP contribution is -2.09. The first kappa shape index (κ1) is 13.6. The summed E-state index contributed by atoms with van der Waals surface area (Å²) in [5, 5.41) is 14.2. The Bertz CT molecular complexity index is 378. The van der Waals surface area contributed by atoms with Crippen LogP contribution in [0.5, 0.6) is 0 Å². The van der Waals surface area contributed by atoms with Crippen LogP contribution >= 0.6 is 0 Å². The maximum Gasteiger partial charge on any atom is 0.0718 e. The topological polar surface area (TPSA) is 38.0 Å². The Morgan fingerprint density at radius 2 is 1.94 bits per heavy atom. The summed E-state index contributed by atoms with van der Waals surface area (Å²) >= 11 is 0. The van der Waals surface area contributed by atoms with Crippen LogP contribution in [0.4, 0.5) is 0 Å². The normalized spacial score (nSPS) is 16.6. The molecule has 1 aliphatic carbocycles. The molecule has 0 bridgehead atoms. The van der Waals surface area contributed by atoms with Gasteiger partial charge in [0.25, 0.3) is 0 Å². The molecule has 18 heavy (non-hydrogen) atoms. The van der Waals surface area contributed by atoms with E-state index < -0.39 is 0 Å². The minimum atomic E-state index is 0.135. The van der Waals surface area contributed by atoms with Gasteiger partial charge in [0.1, 0.15) is 0 Å². The Labute approximate surface area is 110 Å². The lowest BCUT2D eigenvalue weighted by Gasteiger charge is -2.11. The molecule has 3 nitrogen and oxygen atoms in total. The summed E-state index contributed by atoms with van der Waals surface area (Å²) in [6.45, 7) is 5.43. The van der Waals surface area contributed by atoms with Crippen molar-refractivity contribution in [3.63, 3.8) is 0 Å². The van der Waals surface area contributed by atoms with E-state index in [2.05, 4.69) is 23.6 Å². The van der Waals surface area contributed by atoms with Crippen molar-refractivity contribution in [2.24, 2.45) is 5.92 Å². The molecular weight excluding hydrogens is 224 g/mol. The molecule has 2 rings (SSSR count). The van der Waals surface area contributed by atoms with E-state index >= 15 is 0 Å². The Kier molecular flexibility index (Phi) is 4.81. The van der Waals surface area contributed by atoms with Gasteiger partial charge in [0.05, 0.1) is 12.3 Å². The zero-order valence-corrected chi connectivity index (χ0v) is 11.8. The predicted octanol–water partition coefficient (Wildman–Crippen LogP) is 3.08. The quantitative estimate of drug-likeness (QED) is 0.842. The summed E-state index contributed by atoms with van der Waals surface area (Å²) in [4.78, 5) is 0. The number of hydrogen-bond donors (Lipinski definition) is 1. The summed E-state index contributed by atoms with van der Waals surface area (Å²) in [6, 6.07) is 0. The highest BCUT2D eigenvalue weighted by molar-refractivity contribution is 5.25. The van der Waals surface area contributed by atoms with Crippen molar-refractivity contribution in [3.05, 3.63) is 17.0 Å². The molecule has 1 aliphatic rings. The van der Waals surface area contributed by atoms with Gasteiger partial charge in [0.2, 0.25) is 0 Å². The van der Waals surface area contributed by atoms with Crippen molar-refractivity contribution in [1.82, 2.24) is 9.78 Å². The van der Waals surface area contributed by atoms with Gasteiger partial charge < -0.3 is 5.11 Å².